The maximum Gasteiger partial charge on any atom is 0.322 e. The number of thioether (sulfide) groups is 1. The maximum atomic E-state index is 11.0. The quantitative estimate of drug-likeness (QED) is 0.542. The van der Waals surface area contributed by atoms with Gasteiger partial charge in [-0.2, -0.15) is 11.8 Å². The fourth-order valence-electron chi connectivity index (χ4n) is 1.33. The van der Waals surface area contributed by atoms with Gasteiger partial charge in [-0.25, -0.2) is 0 Å². The molecule has 1 fully saturated rings. The molecule has 2 atom stereocenters. The normalized spacial score (nSPS) is 22.8. The standard InChI is InChI=1S/C10H19NO4S/c1-13-10(12)9(11)3-5-16-6-8-2-4-14-7-15-8/h8-9H,2-7,11H2,1H3. The summed E-state index contributed by atoms with van der Waals surface area (Å²) < 4.78 is 15.0. The number of carbonyl (C=O) groups excluding carboxylic acids is 1. The van der Waals surface area contributed by atoms with Crippen LogP contribution in [-0.2, 0) is 19.0 Å². The minimum Gasteiger partial charge on any atom is -0.468 e. The van der Waals surface area contributed by atoms with E-state index in [0.29, 0.717) is 13.2 Å². The highest BCUT2D eigenvalue weighted by atomic mass is 32.2. The number of rotatable bonds is 6. The summed E-state index contributed by atoms with van der Waals surface area (Å²) in [5, 5.41) is 0. The zero-order chi connectivity index (χ0) is 11.8. The van der Waals surface area contributed by atoms with Gasteiger partial charge in [-0.1, -0.05) is 0 Å². The topological polar surface area (TPSA) is 70.8 Å². The molecule has 1 rings (SSSR count). The summed E-state index contributed by atoms with van der Waals surface area (Å²) in [7, 11) is 1.35. The van der Waals surface area contributed by atoms with E-state index in [4.69, 9.17) is 15.2 Å². The smallest absolute Gasteiger partial charge is 0.322 e. The molecule has 0 aliphatic carbocycles. The molecule has 1 saturated heterocycles. The Morgan fingerprint density at radius 3 is 3.12 bits per heavy atom. The lowest BCUT2D eigenvalue weighted by molar-refractivity contribution is -0.142. The predicted molar refractivity (Wildman–Crippen MR) is 62.2 cm³/mol. The van der Waals surface area contributed by atoms with Gasteiger partial charge in [0, 0.05) is 5.75 Å². The summed E-state index contributed by atoms with van der Waals surface area (Å²) >= 11 is 1.75. The molecule has 1 aliphatic heterocycles. The van der Waals surface area contributed by atoms with Crippen LogP contribution in [0.5, 0.6) is 0 Å². The van der Waals surface area contributed by atoms with Gasteiger partial charge < -0.3 is 19.9 Å². The molecule has 6 heteroatoms. The number of esters is 1. The van der Waals surface area contributed by atoms with Gasteiger partial charge in [-0.05, 0) is 18.6 Å². The highest BCUT2D eigenvalue weighted by Gasteiger charge is 2.16. The SMILES string of the molecule is COC(=O)C(N)CCSCC1CCOCO1. The van der Waals surface area contributed by atoms with Crippen molar-refractivity contribution >= 4 is 17.7 Å². The molecule has 2 N–H and O–H groups in total. The maximum absolute atomic E-state index is 11.0. The zero-order valence-electron chi connectivity index (χ0n) is 9.52. The average Bonchev–Trinajstić information content (AvgIpc) is 2.34. The summed E-state index contributed by atoms with van der Waals surface area (Å²) in [6.45, 7) is 1.17. The van der Waals surface area contributed by atoms with Crippen LogP contribution < -0.4 is 5.73 Å². The lowest BCUT2D eigenvalue weighted by atomic mass is 10.2. The average molecular weight is 249 g/mol. The molecule has 0 spiro atoms. The molecular weight excluding hydrogens is 230 g/mol. The van der Waals surface area contributed by atoms with Gasteiger partial charge in [0.05, 0.1) is 19.8 Å². The number of methoxy groups -OCH3 is 1. The van der Waals surface area contributed by atoms with E-state index >= 15 is 0 Å². The van der Waals surface area contributed by atoms with E-state index in [2.05, 4.69) is 4.74 Å². The molecule has 16 heavy (non-hydrogen) atoms. The third kappa shape index (κ3) is 5.16. The second-order valence-corrected chi connectivity index (χ2v) is 4.75. The summed E-state index contributed by atoms with van der Waals surface area (Å²) in [5.41, 5.74) is 5.61. The molecule has 0 amide bonds. The minimum atomic E-state index is -0.506. The fourth-order valence-corrected chi connectivity index (χ4v) is 2.44. The van der Waals surface area contributed by atoms with Gasteiger partial charge >= 0.3 is 5.97 Å². The lowest BCUT2D eigenvalue weighted by Crippen LogP contribution is -2.32. The van der Waals surface area contributed by atoms with Crippen molar-refractivity contribution in [3.63, 3.8) is 0 Å². The highest BCUT2D eigenvalue weighted by Crippen LogP contribution is 2.14. The van der Waals surface area contributed by atoms with E-state index < -0.39 is 6.04 Å². The Bertz CT molecular complexity index is 209. The third-order valence-corrected chi connectivity index (χ3v) is 3.48. The van der Waals surface area contributed by atoms with Crippen LogP contribution in [-0.4, -0.2) is 50.1 Å². The van der Waals surface area contributed by atoms with E-state index in [0.717, 1.165) is 24.5 Å². The minimum absolute atomic E-state index is 0.271. The van der Waals surface area contributed by atoms with Crippen LogP contribution in [0, 0.1) is 0 Å². The molecule has 94 valence electrons. The largest absolute Gasteiger partial charge is 0.468 e. The van der Waals surface area contributed by atoms with Crippen molar-refractivity contribution in [2.45, 2.75) is 25.0 Å². The summed E-state index contributed by atoms with van der Waals surface area (Å²) in [6, 6.07) is -0.506. The molecule has 1 heterocycles. The first-order valence-corrected chi connectivity index (χ1v) is 6.50. The van der Waals surface area contributed by atoms with Crippen molar-refractivity contribution in [3.05, 3.63) is 0 Å². The molecule has 0 radical (unpaired) electrons. The Balaban J connectivity index is 2.00. The lowest BCUT2D eigenvalue weighted by Gasteiger charge is -2.22. The molecule has 0 saturated carbocycles. The highest BCUT2D eigenvalue weighted by molar-refractivity contribution is 7.99. The number of carbonyl (C=O) groups is 1. The van der Waals surface area contributed by atoms with Gasteiger partial charge in [0.25, 0.3) is 0 Å². The summed E-state index contributed by atoms with van der Waals surface area (Å²) in [4.78, 5) is 11.0. The van der Waals surface area contributed by atoms with Gasteiger partial charge in [0.15, 0.2) is 0 Å². The Labute approximate surface area is 100.0 Å². The number of hydrogen-bond acceptors (Lipinski definition) is 6. The Morgan fingerprint density at radius 1 is 1.69 bits per heavy atom. The van der Waals surface area contributed by atoms with E-state index in [1.165, 1.54) is 7.11 Å². The summed E-state index contributed by atoms with van der Waals surface area (Å²) in [5.74, 6) is 1.43. The third-order valence-electron chi connectivity index (χ3n) is 2.35. The van der Waals surface area contributed by atoms with E-state index in [1.54, 1.807) is 11.8 Å². The molecule has 0 aromatic heterocycles. The molecule has 0 aromatic carbocycles. The van der Waals surface area contributed by atoms with Gasteiger partial charge in [-0.15, -0.1) is 0 Å². The van der Waals surface area contributed by atoms with E-state index in [9.17, 15) is 4.79 Å². The Kier molecular flexibility index (Phi) is 6.79. The zero-order valence-corrected chi connectivity index (χ0v) is 10.3. The van der Waals surface area contributed by atoms with Crippen molar-refractivity contribution < 1.29 is 19.0 Å². The van der Waals surface area contributed by atoms with Gasteiger partial charge in [0.1, 0.15) is 12.8 Å². The number of nitrogens with two attached hydrogens (primary N) is 1. The van der Waals surface area contributed by atoms with Crippen LogP contribution in [0.25, 0.3) is 0 Å². The molecule has 2 unspecified atom stereocenters. The number of ether oxygens (including phenoxy) is 3. The van der Waals surface area contributed by atoms with Crippen LogP contribution in [0.4, 0.5) is 0 Å². The first kappa shape index (κ1) is 13.8. The molecular formula is C10H19NO4S. The monoisotopic (exact) mass is 249 g/mol. The van der Waals surface area contributed by atoms with Crippen molar-refractivity contribution in [1.82, 2.24) is 0 Å². The van der Waals surface area contributed by atoms with Crippen LogP contribution in [0.3, 0.4) is 0 Å². The summed E-state index contributed by atoms with van der Waals surface area (Å²) in [6.07, 6.45) is 1.85. The van der Waals surface area contributed by atoms with Crippen LogP contribution in [0.1, 0.15) is 12.8 Å². The van der Waals surface area contributed by atoms with E-state index in [1.807, 2.05) is 0 Å². The molecule has 5 nitrogen and oxygen atoms in total. The first-order valence-electron chi connectivity index (χ1n) is 5.34. The molecule has 1 aliphatic rings. The van der Waals surface area contributed by atoms with Gasteiger partial charge in [0.2, 0.25) is 0 Å². The predicted octanol–water partition coefficient (Wildman–Crippen LogP) is 0.373. The van der Waals surface area contributed by atoms with Crippen LogP contribution >= 0.6 is 11.8 Å². The van der Waals surface area contributed by atoms with Crippen molar-refractivity contribution in [3.8, 4) is 0 Å². The van der Waals surface area contributed by atoms with Crippen LogP contribution in [0.15, 0.2) is 0 Å². The second kappa shape index (κ2) is 7.89. The van der Waals surface area contributed by atoms with Crippen molar-refractivity contribution in [2.24, 2.45) is 5.73 Å². The van der Waals surface area contributed by atoms with Crippen LogP contribution in [0.2, 0.25) is 0 Å². The fraction of sp³-hybridized carbons (Fsp3) is 0.900. The van der Waals surface area contributed by atoms with E-state index in [-0.39, 0.29) is 12.1 Å². The Hall–Kier alpha value is -0.300. The second-order valence-electron chi connectivity index (χ2n) is 3.60. The first-order chi connectivity index (χ1) is 7.74. The molecule has 0 aromatic rings. The van der Waals surface area contributed by atoms with Crippen molar-refractivity contribution in [2.75, 3.05) is 32.0 Å². The van der Waals surface area contributed by atoms with Gasteiger partial charge in [-0.3, -0.25) is 4.79 Å². The Morgan fingerprint density at radius 2 is 2.50 bits per heavy atom. The molecule has 0 bridgehead atoms. The van der Waals surface area contributed by atoms with Crippen molar-refractivity contribution in [1.29, 1.82) is 0 Å². The number of hydrogen-bond donors (Lipinski definition) is 1.